The van der Waals surface area contributed by atoms with Gasteiger partial charge in [-0.15, -0.1) is 0 Å². The normalized spacial score (nSPS) is 11.0. The van der Waals surface area contributed by atoms with Gasteiger partial charge in [-0.2, -0.15) is 0 Å². The molecular formula is C21H20N2O3S. The molecule has 0 aliphatic heterocycles. The van der Waals surface area contributed by atoms with Crippen LogP contribution in [0.3, 0.4) is 0 Å². The van der Waals surface area contributed by atoms with E-state index in [2.05, 4.69) is 10.0 Å². The van der Waals surface area contributed by atoms with Crippen LogP contribution in [-0.2, 0) is 14.8 Å². The number of sulfonamides is 1. The summed E-state index contributed by atoms with van der Waals surface area (Å²) in [7, 11) is -3.61. The number of nitrogens with one attached hydrogen (secondary N) is 2. The molecule has 0 heterocycles. The van der Waals surface area contributed by atoms with Gasteiger partial charge >= 0.3 is 0 Å². The first-order valence-electron chi connectivity index (χ1n) is 8.41. The first-order valence-corrected chi connectivity index (χ1v) is 9.89. The highest BCUT2D eigenvalue weighted by molar-refractivity contribution is 7.92. The summed E-state index contributed by atoms with van der Waals surface area (Å²) in [6.07, 6.45) is 0. The summed E-state index contributed by atoms with van der Waals surface area (Å²) in [5.74, 6) is -0.118. The van der Waals surface area contributed by atoms with Crippen LogP contribution in [0.1, 0.15) is 12.5 Å². The molecular weight excluding hydrogens is 360 g/mol. The zero-order valence-corrected chi connectivity index (χ0v) is 15.9. The lowest BCUT2D eigenvalue weighted by Crippen LogP contribution is -2.12. The summed E-state index contributed by atoms with van der Waals surface area (Å²) in [4.78, 5) is 11.3. The Morgan fingerprint density at radius 2 is 1.22 bits per heavy atom. The van der Waals surface area contributed by atoms with Gasteiger partial charge in [0.25, 0.3) is 10.0 Å². The number of hydrogen-bond donors (Lipinski definition) is 2. The van der Waals surface area contributed by atoms with Gasteiger partial charge in [-0.3, -0.25) is 9.52 Å². The number of carbonyl (C=O) groups excluding carboxylic acids is 1. The number of hydrogen-bond acceptors (Lipinski definition) is 3. The molecule has 0 aliphatic carbocycles. The molecule has 0 saturated heterocycles. The van der Waals surface area contributed by atoms with E-state index in [9.17, 15) is 13.2 Å². The molecule has 5 nitrogen and oxygen atoms in total. The number of aryl methyl sites for hydroxylation is 1. The number of anilines is 2. The molecule has 0 radical (unpaired) electrons. The highest BCUT2D eigenvalue weighted by Crippen LogP contribution is 2.24. The van der Waals surface area contributed by atoms with Crippen molar-refractivity contribution in [2.24, 2.45) is 0 Å². The molecule has 3 aromatic carbocycles. The van der Waals surface area contributed by atoms with Crippen molar-refractivity contribution in [3.63, 3.8) is 0 Å². The van der Waals surface area contributed by atoms with Crippen LogP contribution in [0.2, 0.25) is 0 Å². The predicted octanol–water partition coefficient (Wildman–Crippen LogP) is 4.42. The van der Waals surface area contributed by atoms with E-state index in [0.29, 0.717) is 5.69 Å². The van der Waals surface area contributed by atoms with E-state index in [4.69, 9.17) is 0 Å². The molecule has 3 aromatic rings. The van der Waals surface area contributed by atoms with Gasteiger partial charge in [-0.25, -0.2) is 8.42 Å². The second kappa shape index (κ2) is 7.63. The van der Waals surface area contributed by atoms with Gasteiger partial charge in [0.1, 0.15) is 0 Å². The van der Waals surface area contributed by atoms with Crippen LogP contribution >= 0.6 is 0 Å². The van der Waals surface area contributed by atoms with Crippen molar-refractivity contribution in [1.29, 1.82) is 0 Å². The topological polar surface area (TPSA) is 75.3 Å². The molecule has 3 rings (SSSR count). The Kier molecular flexibility index (Phi) is 5.28. The van der Waals surface area contributed by atoms with Crippen LogP contribution in [0.4, 0.5) is 11.4 Å². The minimum absolute atomic E-state index is 0.118. The van der Waals surface area contributed by atoms with Crippen LogP contribution in [0.5, 0.6) is 0 Å². The van der Waals surface area contributed by atoms with E-state index in [1.54, 1.807) is 36.4 Å². The van der Waals surface area contributed by atoms with Crippen molar-refractivity contribution >= 4 is 27.3 Å². The van der Waals surface area contributed by atoms with Gasteiger partial charge < -0.3 is 5.32 Å². The standard InChI is InChI=1S/C21H20N2O3S/c1-15-3-13-21(14-4-15)27(25,26)23-20-11-7-18(8-12-20)17-5-9-19(10-6-17)22-16(2)24/h3-14,23H,1-2H3,(H,22,24). The van der Waals surface area contributed by atoms with E-state index in [1.165, 1.54) is 6.92 Å². The van der Waals surface area contributed by atoms with Crippen LogP contribution in [0.15, 0.2) is 77.7 Å². The van der Waals surface area contributed by atoms with Gasteiger partial charge in [-0.05, 0) is 54.4 Å². The maximum atomic E-state index is 12.4. The Balaban J connectivity index is 1.75. The molecule has 0 saturated carbocycles. The molecule has 0 aliphatic rings. The highest BCUT2D eigenvalue weighted by atomic mass is 32.2. The van der Waals surface area contributed by atoms with Crippen LogP contribution in [-0.4, -0.2) is 14.3 Å². The molecule has 0 aromatic heterocycles. The summed E-state index contributed by atoms with van der Waals surface area (Å²) in [5.41, 5.74) is 4.14. The average molecular weight is 380 g/mol. The molecule has 1 amide bonds. The van der Waals surface area contributed by atoms with Crippen molar-refractivity contribution in [2.75, 3.05) is 10.0 Å². The fourth-order valence-electron chi connectivity index (χ4n) is 2.61. The Labute approximate surface area is 159 Å². The van der Waals surface area contributed by atoms with Crippen LogP contribution < -0.4 is 10.0 Å². The Morgan fingerprint density at radius 1 is 0.741 bits per heavy atom. The average Bonchev–Trinajstić information content (AvgIpc) is 2.63. The van der Waals surface area contributed by atoms with Crippen molar-refractivity contribution in [2.45, 2.75) is 18.7 Å². The van der Waals surface area contributed by atoms with E-state index >= 15 is 0 Å². The van der Waals surface area contributed by atoms with Gasteiger partial charge in [0.2, 0.25) is 5.91 Å². The SMILES string of the molecule is CC(=O)Nc1ccc(-c2ccc(NS(=O)(=O)c3ccc(C)cc3)cc2)cc1. The van der Waals surface area contributed by atoms with Gasteiger partial charge in [0.05, 0.1) is 4.90 Å². The van der Waals surface area contributed by atoms with Crippen molar-refractivity contribution in [1.82, 2.24) is 0 Å². The fraction of sp³-hybridized carbons (Fsp3) is 0.0952. The number of carbonyl (C=O) groups is 1. The van der Waals surface area contributed by atoms with Crippen molar-refractivity contribution in [3.8, 4) is 11.1 Å². The highest BCUT2D eigenvalue weighted by Gasteiger charge is 2.13. The van der Waals surface area contributed by atoms with Crippen molar-refractivity contribution < 1.29 is 13.2 Å². The summed E-state index contributed by atoms with van der Waals surface area (Å²) < 4.78 is 27.5. The van der Waals surface area contributed by atoms with E-state index in [1.807, 2.05) is 43.3 Å². The molecule has 27 heavy (non-hydrogen) atoms. The summed E-state index contributed by atoms with van der Waals surface area (Å²) in [5, 5.41) is 2.72. The Bertz CT molecular complexity index is 1040. The molecule has 138 valence electrons. The minimum Gasteiger partial charge on any atom is -0.326 e. The molecule has 0 unspecified atom stereocenters. The van der Waals surface area contributed by atoms with Crippen LogP contribution in [0.25, 0.3) is 11.1 Å². The zero-order valence-electron chi connectivity index (χ0n) is 15.1. The third-order valence-electron chi connectivity index (χ3n) is 4.01. The smallest absolute Gasteiger partial charge is 0.261 e. The fourth-order valence-corrected chi connectivity index (χ4v) is 3.67. The zero-order chi connectivity index (χ0) is 19.4. The lowest BCUT2D eigenvalue weighted by Gasteiger charge is -2.10. The lowest BCUT2D eigenvalue weighted by atomic mass is 10.1. The second-order valence-corrected chi connectivity index (χ2v) is 7.94. The van der Waals surface area contributed by atoms with Gasteiger partial charge in [0, 0.05) is 18.3 Å². The van der Waals surface area contributed by atoms with Gasteiger partial charge in [0.15, 0.2) is 0 Å². The number of benzene rings is 3. The van der Waals surface area contributed by atoms with E-state index in [-0.39, 0.29) is 10.8 Å². The van der Waals surface area contributed by atoms with Gasteiger partial charge in [-0.1, -0.05) is 42.0 Å². The molecule has 0 atom stereocenters. The predicted molar refractivity (Wildman–Crippen MR) is 108 cm³/mol. The third-order valence-corrected chi connectivity index (χ3v) is 5.40. The Hall–Kier alpha value is -3.12. The largest absolute Gasteiger partial charge is 0.326 e. The molecule has 0 fully saturated rings. The molecule has 0 spiro atoms. The summed E-state index contributed by atoms with van der Waals surface area (Å²) in [6.45, 7) is 3.37. The number of rotatable bonds is 5. The first kappa shape index (κ1) is 18.7. The van der Waals surface area contributed by atoms with Crippen LogP contribution in [0, 0.1) is 6.92 Å². The first-order chi connectivity index (χ1) is 12.8. The third kappa shape index (κ3) is 4.74. The van der Waals surface area contributed by atoms with E-state index in [0.717, 1.165) is 22.4 Å². The van der Waals surface area contributed by atoms with E-state index < -0.39 is 10.0 Å². The number of amides is 1. The second-order valence-electron chi connectivity index (χ2n) is 6.25. The lowest BCUT2D eigenvalue weighted by molar-refractivity contribution is -0.114. The monoisotopic (exact) mass is 380 g/mol. The molecule has 0 bridgehead atoms. The summed E-state index contributed by atoms with van der Waals surface area (Å²) >= 11 is 0. The maximum Gasteiger partial charge on any atom is 0.261 e. The molecule has 2 N–H and O–H groups in total. The summed E-state index contributed by atoms with van der Waals surface area (Å²) in [6, 6.07) is 21.3. The van der Waals surface area contributed by atoms with Crippen molar-refractivity contribution in [3.05, 3.63) is 78.4 Å². The maximum absolute atomic E-state index is 12.4. The quantitative estimate of drug-likeness (QED) is 0.688. The Morgan fingerprint density at radius 3 is 1.70 bits per heavy atom. The molecule has 6 heteroatoms. The minimum atomic E-state index is -3.61.